The summed E-state index contributed by atoms with van der Waals surface area (Å²) >= 11 is 6.81. The van der Waals surface area contributed by atoms with Crippen LogP contribution in [0, 0.1) is 5.92 Å². The smallest absolute Gasteiger partial charge is 0.303 e. The number of carbonyl (C=O) groups is 3. The SMILES string of the molecule is CO[C@]1(CC(CBr)CBr)O[C@H](CO)[C@@H](OC(C)=O)[C@H](OC(C)=O)[C@H]1OC(C)=O. The van der Waals surface area contributed by atoms with E-state index in [4.69, 9.17) is 23.7 Å². The summed E-state index contributed by atoms with van der Waals surface area (Å²) in [6.07, 6.45) is -4.48. The van der Waals surface area contributed by atoms with Crippen molar-refractivity contribution >= 4 is 49.8 Å². The lowest BCUT2D eigenvalue weighted by molar-refractivity contribution is -0.363. The molecule has 162 valence electrons. The molecule has 0 aromatic heterocycles. The zero-order chi connectivity index (χ0) is 21.5. The van der Waals surface area contributed by atoms with Gasteiger partial charge in [-0.25, -0.2) is 0 Å². The van der Waals surface area contributed by atoms with Gasteiger partial charge in [0.05, 0.1) is 6.61 Å². The van der Waals surface area contributed by atoms with Gasteiger partial charge in [-0.2, -0.15) is 0 Å². The number of aliphatic hydroxyl groups is 1. The van der Waals surface area contributed by atoms with E-state index in [1.165, 1.54) is 27.9 Å². The molecular weight excluding hydrogens is 508 g/mol. The number of hydrogen-bond acceptors (Lipinski definition) is 9. The Balaban J connectivity index is 3.48. The highest BCUT2D eigenvalue weighted by molar-refractivity contribution is 9.09. The minimum absolute atomic E-state index is 0.0133. The van der Waals surface area contributed by atoms with Crippen molar-refractivity contribution in [3.05, 3.63) is 0 Å². The van der Waals surface area contributed by atoms with Crippen LogP contribution in [0.5, 0.6) is 0 Å². The summed E-state index contributed by atoms with van der Waals surface area (Å²) in [5, 5.41) is 11.0. The molecule has 11 heteroatoms. The fourth-order valence-electron chi connectivity index (χ4n) is 3.12. The first-order valence-corrected chi connectivity index (χ1v) is 10.9. The Hall–Kier alpha value is -0.750. The van der Waals surface area contributed by atoms with Gasteiger partial charge >= 0.3 is 17.9 Å². The van der Waals surface area contributed by atoms with Crippen LogP contribution in [0.15, 0.2) is 0 Å². The molecule has 1 aliphatic rings. The molecule has 0 amide bonds. The summed E-state index contributed by atoms with van der Waals surface area (Å²) in [4.78, 5) is 35.1. The van der Waals surface area contributed by atoms with Crippen molar-refractivity contribution in [3.63, 3.8) is 0 Å². The van der Waals surface area contributed by atoms with Crippen LogP contribution in [0.4, 0.5) is 0 Å². The monoisotopic (exact) mass is 532 g/mol. The molecule has 1 N–H and O–H groups in total. The van der Waals surface area contributed by atoms with Crippen LogP contribution in [0.3, 0.4) is 0 Å². The summed E-state index contributed by atoms with van der Waals surface area (Å²) < 4.78 is 27.7. The third kappa shape index (κ3) is 6.38. The molecule has 9 nitrogen and oxygen atoms in total. The van der Waals surface area contributed by atoms with Gasteiger partial charge in [0.2, 0.25) is 5.79 Å². The van der Waals surface area contributed by atoms with E-state index in [2.05, 4.69) is 31.9 Å². The first-order valence-electron chi connectivity index (χ1n) is 8.61. The van der Waals surface area contributed by atoms with E-state index in [-0.39, 0.29) is 12.3 Å². The maximum Gasteiger partial charge on any atom is 0.303 e. The molecule has 0 spiro atoms. The number of hydrogen-bond donors (Lipinski definition) is 1. The van der Waals surface area contributed by atoms with Crippen molar-refractivity contribution in [2.45, 2.75) is 57.4 Å². The second-order valence-corrected chi connectivity index (χ2v) is 7.71. The number of aliphatic hydroxyl groups excluding tert-OH is 1. The molecule has 0 bridgehead atoms. The van der Waals surface area contributed by atoms with Crippen molar-refractivity contribution in [1.29, 1.82) is 0 Å². The zero-order valence-electron chi connectivity index (χ0n) is 16.2. The molecule has 1 saturated heterocycles. The topological polar surface area (TPSA) is 118 Å². The van der Waals surface area contributed by atoms with Crippen molar-refractivity contribution in [2.24, 2.45) is 5.92 Å². The fraction of sp³-hybridized carbons (Fsp3) is 0.824. The predicted molar refractivity (Wildman–Crippen MR) is 104 cm³/mol. The number of alkyl halides is 2. The number of ether oxygens (including phenoxy) is 5. The first-order chi connectivity index (χ1) is 13.1. The van der Waals surface area contributed by atoms with Gasteiger partial charge in [0.15, 0.2) is 18.3 Å². The summed E-state index contributed by atoms with van der Waals surface area (Å²) in [6, 6.07) is 0. The fourth-order valence-corrected chi connectivity index (χ4v) is 4.65. The lowest BCUT2D eigenvalue weighted by Gasteiger charge is -2.51. The Morgan fingerprint density at radius 3 is 1.89 bits per heavy atom. The van der Waals surface area contributed by atoms with Crippen LogP contribution in [0.25, 0.3) is 0 Å². The Morgan fingerprint density at radius 2 is 1.50 bits per heavy atom. The first kappa shape index (κ1) is 25.3. The molecule has 1 aliphatic heterocycles. The summed E-state index contributed by atoms with van der Waals surface area (Å²) in [7, 11) is 1.36. The van der Waals surface area contributed by atoms with Gasteiger partial charge in [-0.3, -0.25) is 14.4 Å². The molecule has 0 aromatic rings. The predicted octanol–water partition coefficient (Wildman–Crippen LogP) is 1.31. The molecule has 1 fully saturated rings. The Morgan fingerprint density at radius 1 is 1.00 bits per heavy atom. The highest BCUT2D eigenvalue weighted by Crippen LogP contribution is 2.40. The second kappa shape index (κ2) is 11.4. The van der Waals surface area contributed by atoms with Crippen molar-refractivity contribution < 1.29 is 43.2 Å². The zero-order valence-corrected chi connectivity index (χ0v) is 19.4. The number of methoxy groups -OCH3 is 1. The van der Waals surface area contributed by atoms with Crippen LogP contribution in [0.2, 0.25) is 0 Å². The van der Waals surface area contributed by atoms with Gasteiger partial charge in [0.1, 0.15) is 6.10 Å². The lowest BCUT2D eigenvalue weighted by Crippen LogP contribution is -2.69. The van der Waals surface area contributed by atoms with Crippen LogP contribution < -0.4 is 0 Å². The number of esters is 3. The molecule has 1 rings (SSSR count). The van der Waals surface area contributed by atoms with Crippen molar-refractivity contribution in [2.75, 3.05) is 24.4 Å². The average Bonchev–Trinajstić information content (AvgIpc) is 2.62. The Labute approximate surface area is 180 Å². The molecule has 5 atom stereocenters. The number of halogens is 2. The van der Waals surface area contributed by atoms with E-state index >= 15 is 0 Å². The van der Waals surface area contributed by atoms with E-state index in [9.17, 15) is 19.5 Å². The molecule has 0 unspecified atom stereocenters. The van der Waals surface area contributed by atoms with Crippen molar-refractivity contribution in [3.8, 4) is 0 Å². The summed E-state index contributed by atoms with van der Waals surface area (Å²) in [5.74, 6) is -3.57. The van der Waals surface area contributed by atoms with Gasteiger partial charge in [0, 0.05) is 45.0 Å². The maximum atomic E-state index is 11.8. The minimum atomic E-state index is -1.54. The van der Waals surface area contributed by atoms with E-state index in [0.29, 0.717) is 10.7 Å². The van der Waals surface area contributed by atoms with Gasteiger partial charge in [0.25, 0.3) is 0 Å². The van der Waals surface area contributed by atoms with Crippen LogP contribution >= 0.6 is 31.9 Å². The second-order valence-electron chi connectivity index (χ2n) is 6.41. The summed E-state index contributed by atoms with van der Waals surface area (Å²) in [6.45, 7) is 2.99. The average molecular weight is 534 g/mol. The molecule has 0 radical (unpaired) electrons. The summed E-state index contributed by atoms with van der Waals surface area (Å²) in [5.41, 5.74) is 0. The largest absolute Gasteiger partial charge is 0.456 e. The van der Waals surface area contributed by atoms with Crippen LogP contribution in [-0.4, -0.2) is 77.6 Å². The molecule has 0 aliphatic carbocycles. The number of carbonyl (C=O) groups excluding carboxylic acids is 3. The maximum absolute atomic E-state index is 11.8. The molecule has 1 heterocycles. The normalized spacial score (nSPS) is 30.0. The number of rotatable bonds is 9. The van der Waals surface area contributed by atoms with Crippen LogP contribution in [0.1, 0.15) is 27.2 Å². The van der Waals surface area contributed by atoms with Crippen LogP contribution in [-0.2, 0) is 38.1 Å². The third-order valence-electron chi connectivity index (χ3n) is 4.21. The minimum Gasteiger partial charge on any atom is -0.456 e. The lowest BCUT2D eigenvalue weighted by atomic mass is 9.86. The molecule has 0 aromatic carbocycles. The van der Waals surface area contributed by atoms with Gasteiger partial charge < -0.3 is 28.8 Å². The standard InChI is InChI=1S/C17H26Br2O9/c1-9(21)25-14-13(8-20)28-17(24-4,5-12(6-18)7-19)16(27-11(3)23)15(14)26-10(2)22/h12-16,20H,5-8H2,1-4H3/t13-,14-,15+,16-,17-/m1/s1. The van der Waals surface area contributed by atoms with Gasteiger partial charge in [-0.15, -0.1) is 0 Å². The highest BCUT2D eigenvalue weighted by Gasteiger charge is 2.60. The Bertz CT molecular complexity index is 555. The van der Waals surface area contributed by atoms with E-state index < -0.39 is 54.7 Å². The molecule has 28 heavy (non-hydrogen) atoms. The van der Waals surface area contributed by atoms with E-state index in [1.54, 1.807) is 0 Å². The highest BCUT2D eigenvalue weighted by atomic mass is 79.9. The quantitative estimate of drug-likeness (QED) is 0.266. The molecule has 0 saturated carbocycles. The Kier molecular flexibility index (Phi) is 10.3. The van der Waals surface area contributed by atoms with E-state index in [0.717, 1.165) is 0 Å². The van der Waals surface area contributed by atoms with Gasteiger partial charge in [-0.05, 0) is 5.92 Å². The van der Waals surface area contributed by atoms with Crippen molar-refractivity contribution in [1.82, 2.24) is 0 Å². The third-order valence-corrected chi connectivity index (χ3v) is 6.04. The molecular formula is C17H26Br2O9. The van der Waals surface area contributed by atoms with Gasteiger partial charge in [-0.1, -0.05) is 31.9 Å². The van der Waals surface area contributed by atoms with E-state index in [1.807, 2.05) is 0 Å².